The molecule has 1 unspecified atom stereocenters. The molecule has 7 heteroatoms. The highest BCUT2D eigenvalue weighted by Gasteiger charge is 2.44. The smallest absolute Gasteiger partial charge is 0.325 e. The van der Waals surface area contributed by atoms with Crippen LogP contribution in [0.4, 0.5) is 8.78 Å². The molecule has 1 aromatic carbocycles. The summed E-state index contributed by atoms with van der Waals surface area (Å²) in [5.74, 6) is -3.60. The molecule has 0 N–H and O–H groups in total. The summed E-state index contributed by atoms with van der Waals surface area (Å²) in [4.78, 5) is 3.87. The third-order valence-electron chi connectivity index (χ3n) is 3.82. The second-order valence-corrected chi connectivity index (χ2v) is 6.29. The van der Waals surface area contributed by atoms with Crippen LogP contribution in [0.2, 0.25) is 0 Å². The van der Waals surface area contributed by atoms with E-state index in [1.807, 2.05) is 6.07 Å². The maximum atomic E-state index is 14.4. The Balaban J connectivity index is 1.76. The van der Waals surface area contributed by atoms with Crippen molar-refractivity contribution >= 4 is 22.6 Å². The zero-order valence-corrected chi connectivity index (χ0v) is 13.9. The van der Waals surface area contributed by atoms with Gasteiger partial charge in [0.15, 0.2) is 0 Å². The van der Waals surface area contributed by atoms with E-state index in [1.54, 1.807) is 24.3 Å². The van der Waals surface area contributed by atoms with Crippen LogP contribution in [0.5, 0.6) is 0 Å². The minimum absolute atomic E-state index is 0.156. The summed E-state index contributed by atoms with van der Waals surface area (Å²) in [6.45, 7) is 0.908. The first-order valence-electron chi connectivity index (χ1n) is 7.01. The van der Waals surface area contributed by atoms with Gasteiger partial charge in [-0.25, -0.2) is 0 Å². The molecule has 0 amide bonds. The molecule has 1 fully saturated rings. The van der Waals surface area contributed by atoms with Crippen LogP contribution in [-0.4, -0.2) is 27.8 Å². The lowest BCUT2D eigenvalue weighted by atomic mass is 9.91. The normalized spacial score (nSPS) is 22.1. The average Bonchev–Trinajstić information content (AvgIpc) is 3.17. The third kappa shape index (κ3) is 3.29. The van der Waals surface area contributed by atoms with Gasteiger partial charge >= 0.3 is 5.92 Å². The molecule has 3 rings (SSSR count). The molecule has 0 aliphatic carbocycles. The first-order chi connectivity index (χ1) is 10.6. The van der Waals surface area contributed by atoms with Gasteiger partial charge in [0.05, 0.1) is 13.2 Å². The van der Waals surface area contributed by atoms with Crippen molar-refractivity contribution < 1.29 is 18.0 Å². The molecule has 0 saturated carbocycles. The van der Waals surface area contributed by atoms with Crippen LogP contribution in [0, 0.1) is 11.8 Å². The predicted molar refractivity (Wildman–Crippen MR) is 84.9 cm³/mol. The van der Waals surface area contributed by atoms with Gasteiger partial charge < -0.3 is 9.26 Å². The minimum Gasteiger partial charge on any atom is -0.381 e. The molecule has 1 aromatic heterocycles. The van der Waals surface area contributed by atoms with Gasteiger partial charge in [0, 0.05) is 16.4 Å². The SMILES string of the molecule is FC(F)(C[C@@H]1COCC1CI)c1nc(-c2ccccc2)no1. The van der Waals surface area contributed by atoms with Crippen molar-refractivity contribution in [2.75, 3.05) is 17.6 Å². The number of rotatable bonds is 5. The fraction of sp³-hybridized carbons (Fsp3) is 0.467. The zero-order chi connectivity index (χ0) is 15.6. The van der Waals surface area contributed by atoms with Crippen LogP contribution in [0.3, 0.4) is 0 Å². The first-order valence-corrected chi connectivity index (χ1v) is 8.54. The van der Waals surface area contributed by atoms with Crippen LogP contribution in [0.25, 0.3) is 11.4 Å². The molecule has 1 aliphatic heterocycles. The number of nitrogens with zero attached hydrogens (tertiary/aromatic N) is 2. The van der Waals surface area contributed by atoms with Crippen molar-refractivity contribution in [3.63, 3.8) is 0 Å². The molecule has 22 heavy (non-hydrogen) atoms. The van der Waals surface area contributed by atoms with Crippen molar-refractivity contribution in [2.45, 2.75) is 12.3 Å². The standard InChI is InChI=1S/C15H15F2IN2O2/c16-15(17,6-11-8-21-9-12(11)7-18)14-19-13(20-22-14)10-4-2-1-3-5-10/h1-5,11-12H,6-9H2/t11-,12?/m1/s1. The van der Waals surface area contributed by atoms with Crippen LogP contribution < -0.4 is 0 Å². The molecule has 1 saturated heterocycles. The lowest BCUT2D eigenvalue weighted by Crippen LogP contribution is -2.24. The van der Waals surface area contributed by atoms with Crippen LogP contribution in [0.1, 0.15) is 12.3 Å². The van der Waals surface area contributed by atoms with E-state index in [9.17, 15) is 8.78 Å². The lowest BCUT2D eigenvalue weighted by Gasteiger charge is -2.19. The second-order valence-electron chi connectivity index (χ2n) is 5.41. The van der Waals surface area contributed by atoms with Gasteiger partial charge in [-0.3, -0.25) is 0 Å². The summed E-state index contributed by atoms with van der Waals surface area (Å²) < 4.78 is 39.7. The molecular weight excluding hydrogens is 405 g/mol. The molecule has 118 valence electrons. The Hall–Kier alpha value is -1.09. The van der Waals surface area contributed by atoms with Crippen LogP contribution in [-0.2, 0) is 10.7 Å². The Morgan fingerprint density at radius 3 is 2.64 bits per heavy atom. The number of benzene rings is 1. The van der Waals surface area contributed by atoms with Gasteiger partial charge in [-0.15, -0.1) is 0 Å². The second kappa shape index (κ2) is 6.57. The topological polar surface area (TPSA) is 48.2 Å². The fourth-order valence-electron chi connectivity index (χ4n) is 2.53. The van der Waals surface area contributed by atoms with Crippen LogP contribution >= 0.6 is 22.6 Å². The molecule has 0 spiro atoms. The van der Waals surface area contributed by atoms with Crippen molar-refractivity contribution in [1.29, 1.82) is 0 Å². The van der Waals surface area contributed by atoms with Crippen molar-refractivity contribution in [1.82, 2.24) is 10.1 Å². The van der Waals surface area contributed by atoms with E-state index in [0.717, 1.165) is 4.43 Å². The number of hydrogen-bond acceptors (Lipinski definition) is 4. The van der Waals surface area contributed by atoms with E-state index >= 15 is 0 Å². The van der Waals surface area contributed by atoms with E-state index in [1.165, 1.54) is 0 Å². The first kappa shape index (κ1) is 15.8. The van der Waals surface area contributed by atoms with E-state index in [2.05, 4.69) is 32.7 Å². The highest BCUT2D eigenvalue weighted by atomic mass is 127. The number of ether oxygens (including phenoxy) is 1. The Bertz CT molecular complexity index is 621. The Morgan fingerprint density at radius 2 is 1.91 bits per heavy atom. The maximum Gasteiger partial charge on any atom is 0.325 e. The van der Waals surface area contributed by atoms with E-state index < -0.39 is 11.8 Å². The quantitative estimate of drug-likeness (QED) is 0.544. The Kier molecular flexibility index (Phi) is 4.72. The van der Waals surface area contributed by atoms with E-state index in [4.69, 9.17) is 9.26 Å². The molecule has 2 aromatic rings. The number of alkyl halides is 3. The highest BCUT2D eigenvalue weighted by Crippen LogP contribution is 2.39. The van der Waals surface area contributed by atoms with E-state index in [0.29, 0.717) is 18.8 Å². The van der Waals surface area contributed by atoms with Crippen molar-refractivity contribution in [2.24, 2.45) is 11.8 Å². The maximum absolute atomic E-state index is 14.4. The lowest BCUT2D eigenvalue weighted by molar-refractivity contribution is -0.0603. The number of halogens is 3. The summed E-state index contributed by atoms with van der Waals surface area (Å²) in [6.07, 6.45) is -0.322. The molecule has 4 nitrogen and oxygen atoms in total. The van der Waals surface area contributed by atoms with E-state index in [-0.39, 0.29) is 24.1 Å². The molecule has 0 radical (unpaired) electrons. The summed E-state index contributed by atoms with van der Waals surface area (Å²) >= 11 is 2.21. The fourth-order valence-corrected chi connectivity index (χ4v) is 3.51. The van der Waals surface area contributed by atoms with Gasteiger partial charge in [-0.2, -0.15) is 13.8 Å². The van der Waals surface area contributed by atoms with Gasteiger partial charge in [-0.05, 0) is 11.8 Å². The highest BCUT2D eigenvalue weighted by molar-refractivity contribution is 14.1. The number of hydrogen-bond donors (Lipinski definition) is 0. The molecule has 2 atom stereocenters. The van der Waals surface area contributed by atoms with Gasteiger partial charge in [0.25, 0.3) is 5.89 Å². The minimum atomic E-state index is -3.14. The molecule has 0 bridgehead atoms. The summed E-state index contributed by atoms with van der Waals surface area (Å²) in [7, 11) is 0. The summed E-state index contributed by atoms with van der Waals surface area (Å²) in [6, 6.07) is 8.94. The summed E-state index contributed by atoms with van der Waals surface area (Å²) in [5, 5.41) is 3.67. The van der Waals surface area contributed by atoms with Gasteiger partial charge in [0.1, 0.15) is 0 Å². The monoisotopic (exact) mass is 420 g/mol. The van der Waals surface area contributed by atoms with Crippen molar-refractivity contribution in [3.05, 3.63) is 36.2 Å². The summed E-state index contributed by atoms with van der Waals surface area (Å²) in [5.41, 5.74) is 0.655. The Morgan fingerprint density at radius 1 is 1.18 bits per heavy atom. The van der Waals surface area contributed by atoms with Crippen molar-refractivity contribution in [3.8, 4) is 11.4 Å². The third-order valence-corrected chi connectivity index (χ3v) is 4.95. The molecule has 2 heterocycles. The van der Waals surface area contributed by atoms with Gasteiger partial charge in [-0.1, -0.05) is 58.1 Å². The van der Waals surface area contributed by atoms with Gasteiger partial charge in [0.2, 0.25) is 5.82 Å². The predicted octanol–water partition coefficient (Wildman–Crippen LogP) is 3.92. The average molecular weight is 420 g/mol. The Labute approximate surface area is 140 Å². The largest absolute Gasteiger partial charge is 0.381 e. The number of aromatic nitrogens is 2. The zero-order valence-electron chi connectivity index (χ0n) is 11.7. The molecular formula is C15H15F2IN2O2. The van der Waals surface area contributed by atoms with Crippen LogP contribution in [0.15, 0.2) is 34.9 Å². The molecule has 1 aliphatic rings.